The minimum Gasteiger partial charge on any atom is -0.456 e. The van der Waals surface area contributed by atoms with Gasteiger partial charge in [0.25, 0.3) is 5.69 Å². The van der Waals surface area contributed by atoms with Gasteiger partial charge >= 0.3 is 5.97 Å². The number of imidazole rings is 1. The van der Waals surface area contributed by atoms with E-state index in [0.717, 1.165) is 18.8 Å². The normalized spacial score (nSPS) is 24.4. The summed E-state index contributed by atoms with van der Waals surface area (Å²) in [6, 6.07) is 5.75. The van der Waals surface area contributed by atoms with Gasteiger partial charge in [0.05, 0.1) is 26.4 Å². The topological polar surface area (TPSA) is 128 Å². The number of esters is 1. The molecular weight excluding hydrogens is 468 g/mol. The predicted molar refractivity (Wildman–Crippen MR) is 120 cm³/mol. The van der Waals surface area contributed by atoms with Crippen LogP contribution in [0.5, 0.6) is 0 Å². The Bertz CT molecular complexity index is 1160. The number of carbonyl (C=O) groups is 2. The van der Waals surface area contributed by atoms with Crippen LogP contribution in [0.1, 0.15) is 30.0 Å². The van der Waals surface area contributed by atoms with Gasteiger partial charge in [-0.15, -0.1) is 11.8 Å². The Labute approximate surface area is 197 Å². The maximum Gasteiger partial charge on any atom is 0.357 e. The zero-order chi connectivity index (χ0) is 23.3. The Hall–Kier alpha value is -2.83. The first kappa shape index (κ1) is 22.0. The van der Waals surface area contributed by atoms with E-state index in [2.05, 4.69) is 9.55 Å². The molecule has 1 saturated heterocycles. The van der Waals surface area contributed by atoms with Crippen LogP contribution in [0.4, 0.5) is 5.69 Å². The molecule has 3 aliphatic rings. The summed E-state index contributed by atoms with van der Waals surface area (Å²) in [5.74, 6) is -0.576. The molecule has 1 unspecified atom stereocenters. The van der Waals surface area contributed by atoms with Crippen molar-refractivity contribution in [2.45, 2.75) is 43.2 Å². The average molecular weight is 489 g/mol. The van der Waals surface area contributed by atoms with Gasteiger partial charge in [0.15, 0.2) is 5.70 Å². The molecule has 0 bridgehead atoms. The first-order chi connectivity index (χ1) is 15.8. The molecule has 4 atom stereocenters. The SMILES string of the molecule is C[C@@H](O)[C@H]1C(=O)N2C(C(=O)OCc3ccc([N+](=O)[O-])cc3)=C(SC3CCn4ccnc43)S[C@H]12. The van der Waals surface area contributed by atoms with E-state index < -0.39 is 22.9 Å². The quantitative estimate of drug-likeness (QED) is 0.271. The molecule has 1 aromatic carbocycles. The number of aromatic nitrogens is 2. The maximum atomic E-state index is 13.1. The molecule has 5 rings (SSSR count). The number of hydrogen-bond acceptors (Lipinski definition) is 9. The van der Waals surface area contributed by atoms with Gasteiger partial charge in [-0.2, -0.15) is 0 Å². The second-order valence-electron chi connectivity index (χ2n) is 7.99. The van der Waals surface area contributed by atoms with Crippen LogP contribution in [0.25, 0.3) is 0 Å². The van der Waals surface area contributed by atoms with Crippen LogP contribution in [0.3, 0.4) is 0 Å². The zero-order valence-corrected chi connectivity index (χ0v) is 19.1. The van der Waals surface area contributed by atoms with Crippen LogP contribution in [0.2, 0.25) is 0 Å². The van der Waals surface area contributed by atoms with E-state index in [1.54, 1.807) is 13.1 Å². The Kier molecular flexibility index (Phi) is 5.67. The third-order valence-electron chi connectivity index (χ3n) is 5.89. The van der Waals surface area contributed by atoms with Crippen molar-refractivity contribution in [2.75, 3.05) is 0 Å². The molecule has 0 saturated carbocycles. The number of nitrogens with zero attached hydrogens (tertiary/aromatic N) is 4. The molecule has 0 radical (unpaired) electrons. The van der Waals surface area contributed by atoms with Crippen molar-refractivity contribution >= 4 is 41.1 Å². The lowest BCUT2D eigenvalue weighted by Crippen LogP contribution is -2.60. The van der Waals surface area contributed by atoms with Crippen LogP contribution in [-0.2, 0) is 27.5 Å². The van der Waals surface area contributed by atoms with E-state index in [-0.39, 0.29) is 34.5 Å². The molecule has 0 aliphatic carbocycles. The summed E-state index contributed by atoms with van der Waals surface area (Å²) < 4.78 is 8.25. The summed E-state index contributed by atoms with van der Waals surface area (Å²) >= 11 is 2.90. The summed E-state index contributed by atoms with van der Waals surface area (Å²) in [4.78, 5) is 42.0. The van der Waals surface area contributed by atoms with Gasteiger partial charge in [0, 0.05) is 31.1 Å². The van der Waals surface area contributed by atoms with Gasteiger partial charge in [0.2, 0.25) is 5.91 Å². The van der Waals surface area contributed by atoms with Crippen LogP contribution in [-0.4, -0.2) is 47.8 Å². The fourth-order valence-electron chi connectivity index (χ4n) is 4.18. The number of aliphatic hydroxyl groups excluding tert-OH is 1. The van der Waals surface area contributed by atoms with Gasteiger partial charge < -0.3 is 14.4 Å². The van der Waals surface area contributed by atoms with E-state index in [0.29, 0.717) is 9.80 Å². The van der Waals surface area contributed by atoms with Gasteiger partial charge in [0.1, 0.15) is 17.8 Å². The van der Waals surface area contributed by atoms with E-state index in [4.69, 9.17) is 4.74 Å². The van der Waals surface area contributed by atoms with Crippen molar-refractivity contribution in [1.82, 2.24) is 14.5 Å². The number of nitro benzene ring substituents is 1. The van der Waals surface area contributed by atoms with Crippen LogP contribution in [0, 0.1) is 16.0 Å². The zero-order valence-electron chi connectivity index (χ0n) is 17.5. The van der Waals surface area contributed by atoms with Gasteiger partial charge in [-0.1, -0.05) is 11.8 Å². The average Bonchev–Trinajstić information content (AvgIpc) is 3.47. The van der Waals surface area contributed by atoms with Gasteiger partial charge in [-0.05, 0) is 31.0 Å². The van der Waals surface area contributed by atoms with E-state index in [1.807, 2.05) is 6.20 Å². The van der Waals surface area contributed by atoms with Gasteiger partial charge in [-0.25, -0.2) is 9.78 Å². The first-order valence-corrected chi connectivity index (χ1v) is 12.1. The molecule has 1 amide bonds. The number of thioether (sulfide) groups is 2. The van der Waals surface area contributed by atoms with Crippen molar-refractivity contribution in [3.05, 3.63) is 68.1 Å². The number of nitro groups is 1. The predicted octanol–water partition coefficient (Wildman–Crippen LogP) is 2.79. The summed E-state index contributed by atoms with van der Waals surface area (Å²) in [6.07, 6.45) is 3.71. The second-order valence-corrected chi connectivity index (χ2v) is 10.6. The molecule has 4 heterocycles. The number of non-ortho nitro benzene ring substituents is 1. The fourth-order valence-corrected chi connectivity index (χ4v) is 7.44. The first-order valence-electron chi connectivity index (χ1n) is 10.4. The lowest BCUT2D eigenvalue weighted by atomic mass is 9.92. The summed E-state index contributed by atoms with van der Waals surface area (Å²) in [6.45, 7) is 2.34. The largest absolute Gasteiger partial charge is 0.456 e. The molecule has 1 aromatic heterocycles. The van der Waals surface area contributed by atoms with Crippen LogP contribution in [0.15, 0.2) is 46.6 Å². The number of carbonyl (C=O) groups excluding carboxylic acids is 2. The van der Waals surface area contributed by atoms with E-state index in [1.165, 1.54) is 52.7 Å². The summed E-state index contributed by atoms with van der Waals surface area (Å²) in [5.41, 5.74) is 0.746. The highest BCUT2D eigenvalue weighted by Gasteiger charge is 2.58. The van der Waals surface area contributed by atoms with E-state index >= 15 is 0 Å². The van der Waals surface area contributed by atoms with Crippen molar-refractivity contribution in [3.8, 4) is 0 Å². The number of aliphatic hydroxyl groups is 1. The smallest absolute Gasteiger partial charge is 0.357 e. The lowest BCUT2D eigenvalue weighted by molar-refractivity contribution is -0.384. The molecule has 12 heteroatoms. The highest BCUT2D eigenvalue weighted by atomic mass is 32.2. The number of hydrogen-bond donors (Lipinski definition) is 1. The molecule has 2 aromatic rings. The lowest BCUT2D eigenvalue weighted by Gasteiger charge is -2.43. The summed E-state index contributed by atoms with van der Waals surface area (Å²) in [7, 11) is 0. The number of rotatable bonds is 7. The molecule has 0 spiro atoms. The van der Waals surface area contributed by atoms with Gasteiger partial charge in [-0.3, -0.25) is 19.8 Å². The Morgan fingerprint density at radius 2 is 2.18 bits per heavy atom. The number of fused-ring (bicyclic) bond motifs is 2. The van der Waals surface area contributed by atoms with Crippen molar-refractivity contribution in [2.24, 2.45) is 5.92 Å². The molecule has 1 N–H and O–H groups in total. The molecular formula is C21H20N4O6S2. The molecule has 1 fully saturated rings. The number of β-lactam (4-membered cyclic amide) rings is 1. The van der Waals surface area contributed by atoms with Crippen molar-refractivity contribution in [3.63, 3.8) is 0 Å². The highest BCUT2D eigenvalue weighted by molar-refractivity contribution is 8.22. The Morgan fingerprint density at radius 1 is 1.42 bits per heavy atom. The number of benzene rings is 1. The standard InChI is InChI=1S/C21H20N4O6S2/c1-11(26)15-18(27)24-16(20(28)31-10-12-2-4-13(5-3-12)25(29)30)21(33-19(15)24)32-14-6-8-23-9-7-22-17(14)23/h2-5,7,9,11,14-15,19,26H,6,8,10H2,1H3/t11-,14?,15+,19-/m1/s1. The third kappa shape index (κ3) is 3.81. The Balaban J connectivity index is 1.36. The monoisotopic (exact) mass is 488 g/mol. The molecule has 3 aliphatic heterocycles. The minimum atomic E-state index is -0.821. The third-order valence-corrected chi connectivity index (χ3v) is 8.76. The number of aryl methyl sites for hydroxylation is 1. The minimum absolute atomic E-state index is 0.0493. The molecule has 33 heavy (non-hydrogen) atoms. The maximum absolute atomic E-state index is 13.1. The second kappa shape index (κ2) is 8.50. The molecule has 10 nitrogen and oxygen atoms in total. The number of ether oxygens (including phenoxy) is 1. The summed E-state index contributed by atoms with van der Waals surface area (Å²) in [5, 5.41) is 20.6. The molecule has 172 valence electrons. The van der Waals surface area contributed by atoms with Crippen LogP contribution < -0.4 is 0 Å². The van der Waals surface area contributed by atoms with E-state index in [9.17, 15) is 24.8 Å². The van der Waals surface area contributed by atoms with Crippen molar-refractivity contribution in [1.29, 1.82) is 0 Å². The number of amides is 1. The fraction of sp³-hybridized carbons (Fsp3) is 0.381. The highest BCUT2D eigenvalue weighted by Crippen LogP contribution is 2.57. The Morgan fingerprint density at radius 3 is 2.88 bits per heavy atom. The van der Waals surface area contributed by atoms with Crippen molar-refractivity contribution < 1.29 is 24.4 Å². The van der Waals surface area contributed by atoms with Crippen LogP contribution >= 0.6 is 23.5 Å².